The molecule has 0 radical (unpaired) electrons. The Labute approximate surface area is 120 Å². The van der Waals surface area contributed by atoms with E-state index < -0.39 is 22.4 Å². The van der Waals surface area contributed by atoms with E-state index in [1.54, 1.807) is 27.0 Å². The molecule has 0 fully saturated rings. The van der Waals surface area contributed by atoms with Crippen molar-refractivity contribution in [2.75, 3.05) is 0 Å². The minimum atomic E-state index is -1.09. The normalized spacial score (nSPS) is 11.7. The lowest BCUT2D eigenvalue weighted by Crippen LogP contribution is -2.33. The van der Waals surface area contributed by atoms with Crippen LogP contribution in [0, 0.1) is 18.6 Å². The number of hydrogen-bond donors (Lipinski definition) is 0. The van der Waals surface area contributed by atoms with Crippen LogP contribution in [0.2, 0.25) is 0 Å². The van der Waals surface area contributed by atoms with Gasteiger partial charge >= 0.3 is 0 Å². The molecule has 0 saturated carbocycles. The summed E-state index contributed by atoms with van der Waals surface area (Å²) in [7, 11) is 0. The predicted molar refractivity (Wildman–Crippen MR) is 72.5 cm³/mol. The summed E-state index contributed by atoms with van der Waals surface area (Å²) in [5.41, 5.74) is -0.583. The molecule has 0 saturated heterocycles. The summed E-state index contributed by atoms with van der Waals surface area (Å²) in [6, 6.07) is 3.61. The van der Waals surface area contributed by atoms with Crippen molar-refractivity contribution in [2.24, 2.45) is 0 Å². The van der Waals surface area contributed by atoms with Crippen molar-refractivity contribution in [1.82, 2.24) is 9.78 Å². The Balaban J connectivity index is 2.62. The molecule has 0 spiro atoms. The summed E-state index contributed by atoms with van der Waals surface area (Å²) in [6.45, 7) is 4.83. The molecule has 0 unspecified atom stereocenters. The molecular weight excluding hydrogens is 286 g/mol. The van der Waals surface area contributed by atoms with Crippen molar-refractivity contribution in [2.45, 2.75) is 26.3 Å². The van der Waals surface area contributed by atoms with Crippen LogP contribution in [0.5, 0.6) is 0 Å². The first-order chi connectivity index (χ1) is 9.25. The minimum absolute atomic E-state index is 0.159. The van der Waals surface area contributed by atoms with Gasteiger partial charge in [-0.25, -0.2) is 8.78 Å². The van der Waals surface area contributed by atoms with Gasteiger partial charge in [0.25, 0.3) is 0 Å². The number of aromatic nitrogens is 2. The van der Waals surface area contributed by atoms with Crippen LogP contribution in [0.1, 0.15) is 19.4 Å². The molecule has 0 atom stereocenters. The van der Waals surface area contributed by atoms with E-state index in [2.05, 4.69) is 5.10 Å². The SMILES string of the molecule is Cc1cn(C(C)(C)C(=O)Cl)nc1-c1c(F)cccc1F. The first-order valence-electron chi connectivity index (χ1n) is 5.96. The Morgan fingerprint density at radius 1 is 1.30 bits per heavy atom. The Morgan fingerprint density at radius 3 is 2.35 bits per heavy atom. The number of halogens is 3. The first-order valence-corrected chi connectivity index (χ1v) is 6.34. The third-order valence-corrected chi connectivity index (χ3v) is 3.61. The number of benzene rings is 1. The highest BCUT2D eigenvalue weighted by Gasteiger charge is 2.30. The van der Waals surface area contributed by atoms with Gasteiger partial charge in [-0.1, -0.05) is 6.07 Å². The molecule has 0 aliphatic carbocycles. The number of carbonyl (C=O) groups is 1. The standard InChI is InChI=1S/C14H13ClF2N2O/c1-8-7-19(14(2,3)13(15)20)18-12(8)11-9(16)5-4-6-10(11)17/h4-7H,1-3H3. The molecule has 2 rings (SSSR count). The summed E-state index contributed by atoms with van der Waals surface area (Å²) in [5.74, 6) is -1.40. The highest BCUT2D eigenvalue weighted by molar-refractivity contribution is 6.65. The number of hydrogen-bond acceptors (Lipinski definition) is 2. The van der Waals surface area contributed by atoms with Crippen LogP contribution in [0.3, 0.4) is 0 Å². The molecular formula is C14H13ClF2N2O. The third-order valence-electron chi connectivity index (χ3n) is 3.15. The molecule has 106 valence electrons. The quantitative estimate of drug-likeness (QED) is 0.811. The molecule has 6 heteroatoms. The molecule has 3 nitrogen and oxygen atoms in total. The molecule has 2 aromatic rings. The maximum absolute atomic E-state index is 13.8. The van der Waals surface area contributed by atoms with Gasteiger partial charge in [-0.2, -0.15) is 5.10 Å². The van der Waals surface area contributed by atoms with Crippen molar-refractivity contribution in [3.63, 3.8) is 0 Å². The zero-order valence-electron chi connectivity index (χ0n) is 11.2. The fourth-order valence-electron chi connectivity index (χ4n) is 1.81. The Morgan fingerprint density at radius 2 is 1.85 bits per heavy atom. The second kappa shape index (κ2) is 4.98. The monoisotopic (exact) mass is 298 g/mol. The van der Waals surface area contributed by atoms with Gasteiger partial charge in [0.15, 0.2) is 0 Å². The average molecular weight is 299 g/mol. The van der Waals surface area contributed by atoms with E-state index in [-0.39, 0.29) is 11.3 Å². The number of carbonyl (C=O) groups excluding carboxylic acids is 1. The van der Waals surface area contributed by atoms with Crippen molar-refractivity contribution in [3.8, 4) is 11.3 Å². The van der Waals surface area contributed by atoms with E-state index in [1.165, 1.54) is 10.7 Å². The number of rotatable bonds is 3. The number of aryl methyl sites for hydroxylation is 1. The number of nitrogens with zero attached hydrogens (tertiary/aromatic N) is 2. The Kier molecular flexibility index (Phi) is 3.65. The molecule has 0 amide bonds. The fraction of sp³-hybridized carbons (Fsp3) is 0.286. The lowest BCUT2D eigenvalue weighted by atomic mass is 10.1. The topological polar surface area (TPSA) is 34.9 Å². The minimum Gasteiger partial charge on any atom is -0.279 e. The van der Waals surface area contributed by atoms with Crippen molar-refractivity contribution >= 4 is 16.8 Å². The maximum atomic E-state index is 13.8. The van der Waals surface area contributed by atoms with Crippen LogP contribution in [0.15, 0.2) is 24.4 Å². The second-order valence-electron chi connectivity index (χ2n) is 5.03. The summed E-state index contributed by atoms with van der Waals surface area (Å²) in [5, 5.41) is 3.52. The van der Waals surface area contributed by atoms with Gasteiger partial charge < -0.3 is 0 Å². The maximum Gasteiger partial charge on any atom is 0.248 e. The molecule has 0 N–H and O–H groups in total. The van der Waals surface area contributed by atoms with Gasteiger partial charge in [0, 0.05) is 6.20 Å². The zero-order valence-corrected chi connectivity index (χ0v) is 12.0. The van der Waals surface area contributed by atoms with Crippen molar-refractivity contribution < 1.29 is 13.6 Å². The van der Waals surface area contributed by atoms with Gasteiger partial charge in [-0.15, -0.1) is 0 Å². The molecule has 0 aliphatic heterocycles. The van der Waals surface area contributed by atoms with Crippen LogP contribution in [-0.4, -0.2) is 15.0 Å². The first kappa shape index (κ1) is 14.7. The van der Waals surface area contributed by atoms with Gasteiger partial charge in [0.1, 0.15) is 22.9 Å². The summed E-state index contributed by atoms with van der Waals surface area (Å²) in [4.78, 5) is 11.4. The molecule has 0 aliphatic rings. The van der Waals surface area contributed by atoms with E-state index in [1.807, 2.05) is 0 Å². The van der Waals surface area contributed by atoms with Gasteiger partial charge in [0.2, 0.25) is 5.24 Å². The van der Waals surface area contributed by atoms with Gasteiger partial charge in [-0.05, 0) is 50.1 Å². The predicted octanol–water partition coefficient (Wildman–Crippen LogP) is 3.64. The van der Waals surface area contributed by atoms with Crippen LogP contribution in [0.4, 0.5) is 8.78 Å². The Bertz CT molecular complexity index is 660. The third kappa shape index (κ3) is 2.33. The van der Waals surface area contributed by atoms with Crippen LogP contribution in [0.25, 0.3) is 11.3 Å². The van der Waals surface area contributed by atoms with E-state index in [4.69, 9.17) is 11.6 Å². The average Bonchev–Trinajstić information content (AvgIpc) is 2.72. The second-order valence-corrected chi connectivity index (χ2v) is 5.38. The van der Waals surface area contributed by atoms with Crippen molar-refractivity contribution in [1.29, 1.82) is 0 Å². The lowest BCUT2D eigenvalue weighted by molar-refractivity contribution is -0.118. The van der Waals surface area contributed by atoms with Crippen LogP contribution < -0.4 is 0 Å². The summed E-state index contributed by atoms with van der Waals surface area (Å²) in [6.07, 6.45) is 1.54. The van der Waals surface area contributed by atoms with Gasteiger partial charge in [-0.3, -0.25) is 9.48 Å². The van der Waals surface area contributed by atoms with E-state index in [0.29, 0.717) is 5.56 Å². The van der Waals surface area contributed by atoms with E-state index in [9.17, 15) is 13.6 Å². The summed E-state index contributed by atoms with van der Waals surface area (Å²) >= 11 is 5.53. The molecule has 20 heavy (non-hydrogen) atoms. The summed E-state index contributed by atoms with van der Waals surface area (Å²) < 4.78 is 28.9. The molecule has 1 aromatic heterocycles. The lowest BCUT2D eigenvalue weighted by Gasteiger charge is -2.20. The van der Waals surface area contributed by atoms with E-state index in [0.717, 1.165) is 12.1 Å². The molecule has 1 aromatic carbocycles. The highest BCUT2D eigenvalue weighted by Crippen LogP contribution is 2.29. The highest BCUT2D eigenvalue weighted by atomic mass is 35.5. The Hall–Kier alpha value is -1.75. The molecule has 0 bridgehead atoms. The zero-order chi connectivity index (χ0) is 15.1. The smallest absolute Gasteiger partial charge is 0.248 e. The van der Waals surface area contributed by atoms with E-state index >= 15 is 0 Å². The molecule has 1 heterocycles. The van der Waals surface area contributed by atoms with Gasteiger partial charge in [0.05, 0.1) is 5.56 Å². The fourth-order valence-corrected chi connectivity index (χ4v) is 1.89. The van der Waals surface area contributed by atoms with Crippen molar-refractivity contribution in [3.05, 3.63) is 41.6 Å². The largest absolute Gasteiger partial charge is 0.279 e. The van der Waals surface area contributed by atoms with Crippen LogP contribution in [-0.2, 0) is 10.3 Å². The van der Waals surface area contributed by atoms with Crippen LogP contribution >= 0.6 is 11.6 Å².